The Hall–Kier alpha value is -3.67. The number of benzene rings is 2. The quantitative estimate of drug-likeness (QED) is 0.577. The summed E-state index contributed by atoms with van der Waals surface area (Å²) in [6.07, 6.45) is 2.20. The normalized spacial score (nSPS) is 11.0. The molecule has 6 nitrogen and oxygen atoms in total. The van der Waals surface area contributed by atoms with Crippen LogP contribution in [0.15, 0.2) is 66.9 Å². The molecule has 0 saturated heterocycles. The van der Waals surface area contributed by atoms with Crippen molar-refractivity contribution >= 4 is 11.8 Å². The van der Waals surface area contributed by atoms with Gasteiger partial charge in [0.25, 0.3) is 11.8 Å². The number of aromatic nitrogens is 1. The molecule has 0 aliphatic rings. The lowest BCUT2D eigenvalue weighted by Crippen LogP contribution is -2.26. The van der Waals surface area contributed by atoms with Gasteiger partial charge in [-0.05, 0) is 53.3 Å². The molecular formula is C26H29N3O3. The van der Waals surface area contributed by atoms with E-state index in [0.717, 1.165) is 11.1 Å². The van der Waals surface area contributed by atoms with Crippen LogP contribution in [0.5, 0.6) is 11.5 Å². The zero-order valence-electron chi connectivity index (χ0n) is 18.9. The molecule has 2 N–H and O–H groups in total. The van der Waals surface area contributed by atoms with E-state index < -0.39 is 0 Å². The first-order valence-corrected chi connectivity index (χ1v) is 10.6. The Morgan fingerprint density at radius 3 is 2.44 bits per heavy atom. The Kier molecular flexibility index (Phi) is 7.25. The van der Waals surface area contributed by atoms with Crippen molar-refractivity contribution in [3.8, 4) is 11.5 Å². The van der Waals surface area contributed by atoms with Crippen molar-refractivity contribution in [2.24, 2.45) is 0 Å². The lowest BCUT2D eigenvalue weighted by molar-refractivity contribution is 0.0947. The monoisotopic (exact) mass is 431 g/mol. The van der Waals surface area contributed by atoms with Crippen molar-refractivity contribution in [1.82, 2.24) is 15.6 Å². The number of nitrogens with one attached hydrogen (secondary N) is 2. The van der Waals surface area contributed by atoms with Gasteiger partial charge in [0.1, 0.15) is 17.2 Å². The molecule has 0 saturated carbocycles. The first kappa shape index (κ1) is 23.0. The predicted octanol–water partition coefficient (Wildman–Crippen LogP) is 4.50. The van der Waals surface area contributed by atoms with Gasteiger partial charge in [-0.15, -0.1) is 0 Å². The summed E-state index contributed by atoms with van der Waals surface area (Å²) in [5, 5.41) is 5.53. The summed E-state index contributed by atoms with van der Waals surface area (Å²) in [4.78, 5) is 28.3. The van der Waals surface area contributed by atoms with Crippen LogP contribution in [-0.2, 0) is 11.8 Å². The van der Waals surface area contributed by atoms with Crippen LogP contribution in [0.3, 0.4) is 0 Å². The zero-order valence-corrected chi connectivity index (χ0v) is 18.9. The van der Waals surface area contributed by atoms with Crippen LogP contribution in [0.25, 0.3) is 0 Å². The molecular weight excluding hydrogens is 402 g/mol. The van der Waals surface area contributed by atoms with E-state index in [4.69, 9.17) is 4.74 Å². The fourth-order valence-corrected chi connectivity index (χ4v) is 3.18. The van der Waals surface area contributed by atoms with Crippen LogP contribution in [0, 0.1) is 0 Å². The van der Waals surface area contributed by atoms with Gasteiger partial charge in [-0.1, -0.05) is 45.0 Å². The number of carbonyl (C=O) groups is 2. The van der Waals surface area contributed by atoms with Crippen molar-refractivity contribution in [2.45, 2.75) is 32.6 Å². The van der Waals surface area contributed by atoms with Gasteiger partial charge in [0, 0.05) is 31.4 Å². The Labute approximate surface area is 189 Å². The van der Waals surface area contributed by atoms with Gasteiger partial charge in [-0.3, -0.25) is 14.6 Å². The van der Waals surface area contributed by atoms with Crippen LogP contribution in [-0.4, -0.2) is 30.4 Å². The van der Waals surface area contributed by atoms with Crippen LogP contribution >= 0.6 is 0 Å². The summed E-state index contributed by atoms with van der Waals surface area (Å²) in [5.74, 6) is 0.832. The highest BCUT2D eigenvalue weighted by molar-refractivity contribution is 5.94. The molecule has 166 valence electrons. The van der Waals surface area contributed by atoms with E-state index in [-0.39, 0.29) is 17.2 Å². The maximum Gasteiger partial charge on any atom is 0.269 e. The van der Waals surface area contributed by atoms with Gasteiger partial charge >= 0.3 is 0 Å². The average Bonchev–Trinajstić information content (AvgIpc) is 2.78. The molecule has 1 heterocycles. The number of hydrogen-bond acceptors (Lipinski definition) is 4. The Morgan fingerprint density at radius 2 is 1.69 bits per heavy atom. The molecule has 0 atom stereocenters. The molecule has 0 spiro atoms. The maximum atomic E-state index is 12.6. The lowest BCUT2D eigenvalue weighted by atomic mass is 9.86. The number of amides is 2. The van der Waals surface area contributed by atoms with Crippen LogP contribution in [0.4, 0.5) is 0 Å². The maximum absolute atomic E-state index is 12.6. The molecule has 0 bridgehead atoms. The van der Waals surface area contributed by atoms with E-state index in [1.807, 2.05) is 48.5 Å². The lowest BCUT2D eigenvalue weighted by Gasteiger charge is -2.19. The second-order valence-electron chi connectivity index (χ2n) is 8.54. The van der Waals surface area contributed by atoms with E-state index >= 15 is 0 Å². The Balaban J connectivity index is 1.59. The fraction of sp³-hybridized carbons (Fsp3) is 0.269. The summed E-state index contributed by atoms with van der Waals surface area (Å²) in [5.41, 5.74) is 3.11. The van der Waals surface area contributed by atoms with E-state index in [2.05, 4.69) is 36.4 Å². The second-order valence-corrected chi connectivity index (χ2v) is 8.54. The number of nitrogens with zero attached hydrogens (tertiary/aromatic N) is 1. The van der Waals surface area contributed by atoms with Crippen molar-refractivity contribution in [1.29, 1.82) is 0 Å². The predicted molar refractivity (Wildman–Crippen MR) is 125 cm³/mol. The molecule has 1 aromatic heterocycles. The van der Waals surface area contributed by atoms with E-state index in [9.17, 15) is 9.59 Å². The molecule has 0 aliphatic carbocycles. The van der Waals surface area contributed by atoms with E-state index in [1.54, 1.807) is 19.2 Å². The second kappa shape index (κ2) is 10.1. The third-order valence-electron chi connectivity index (χ3n) is 5.02. The minimum Gasteiger partial charge on any atom is -0.457 e. The minimum absolute atomic E-state index is 0.00729. The molecule has 3 aromatic rings. The van der Waals surface area contributed by atoms with Crippen LogP contribution < -0.4 is 15.4 Å². The summed E-state index contributed by atoms with van der Waals surface area (Å²) >= 11 is 0. The molecule has 32 heavy (non-hydrogen) atoms. The average molecular weight is 432 g/mol. The van der Waals surface area contributed by atoms with Gasteiger partial charge in [-0.25, -0.2) is 0 Å². The summed E-state index contributed by atoms with van der Waals surface area (Å²) in [6.45, 7) is 6.90. The highest BCUT2D eigenvalue weighted by Gasteiger charge is 2.15. The van der Waals surface area contributed by atoms with Crippen molar-refractivity contribution in [3.05, 3.63) is 89.2 Å². The molecule has 2 amide bonds. The van der Waals surface area contributed by atoms with Gasteiger partial charge in [0.2, 0.25) is 0 Å². The number of carbonyl (C=O) groups excluding carboxylic acids is 2. The third kappa shape index (κ3) is 6.17. The third-order valence-corrected chi connectivity index (χ3v) is 5.02. The molecule has 6 heteroatoms. The van der Waals surface area contributed by atoms with E-state index in [1.165, 1.54) is 6.20 Å². The van der Waals surface area contributed by atoms with Crippen molar-refractivity contribution in [3.63, 3.8) is 0 Å². The zero-order chi connectivity index (χ0) is 23.1. The molecule has 0 aliphatic heterocycles. The molecule has 2 aromatic carbocycles. The minimum atomic E-state index is -0.270. The van der Waals surface area contributed by atoms with Crippen LogP contribution in [0.2, 0.25) is 0 Å². The van der Waals surface area contributed by atoms with Crippen molar-refractivity contribution < 1.29 is 14.3 Å². The summed E-state index contributed by atoms with van der Waals surface area (Å²) in [6, 6.07) is 18.7. The molecule has 0 unspecified atom stereocenters. The highest BCUT2D eigenvalue weighted by Crippen LogP contribution is 2.24. The van der Waals surface area contributed by atoms with Gasteiger partial charge in [-0.2, -0.15) is 0 Å². The van der Waals surface area contributed by atoms with Gasteiger partial charge in [0.05, 0.1) is 0 Å². The summed E-state index contributed by atoms with van der Waals surface area (Å²) in [7, 11) is 1.56. The van der Waals surface area contributed by atoms with Gasteiger partial charge < -0.3 is 15.4 Å². The molecule has 3 rings (SSSR count). The first-order valence-electron chi connectivity index (χ1n) is 10.6. The van der Waals surface area contributed by atoms with Gasteiger partial charge in [0.15, 0.2) is 0 Å². The van der Waals surface area contributed by atoms with Crippen molar-refractivity contribution in [2.75, 3.05) is 13.6 Å². The molecule has 0 radical (unpaired) electrons. The Bertz CT molecular complexity index is 1100. The number of rotatable bonds is 7. The number of hydrogen-bond donors (Lipinski definition) is 2. The number of pyridine rings is 1. The van der Waals surface area contributed by atoms with E-state index in [0.29, 0.717) is 35.7 Å². The largest absolute Gasteiger partial charge is 0.457 e. The van der Waals surface area contributed by atoms with Crippen LogP contribution in [0.1, 0.15) is 52.7 Å². The SMILES string of the molecule is CNC(=O)c1cc(Oc2cccc(CCNC(=O)c3cccc(C(C)(C)C)c3)c2)ccn1. The highest BCUT2D eigenvalue weighted by atomic mass is 16.5. The number of ether oxygens (including phenoxy) is 1. The fourth-order valence-electron chi connectivity index (χ4n) is 3.18. The Morgan fingerprint density at radius 1 is 0.938 bits per heavy atom. The topological polar surface area (TPSA) is 80.3 Å². The summed E-state index contributed by atoms with van der Waals surface area (Å²) < 4.78 is 5.89. The smallest absolute Gasteiger partial charge is 0.269 e. The standard InChI is InChI=1S/C26H29N3O3/c1-26(2,3)20-9-6-8-19(16-20)24(30)29-13-11-18-7-5-10-21(15-18)32-22-12-14-28-23(17-22)25(31)27-4/h5-10,12,14-17H,11,13H2,1-4H3,(H,27,31)(H,29,30). The molecule has 0 fully saturated rings. The first-order chi connectivity index (χ1) is 15.3.